The minimum atomic E-state index is -3.82. The van der Waals surface area contributed by atoms with Crippen LogP contribution in [0.3, 0.4) is 0 Å². The maximum atomic E-state index is 13.2. The lowest BCUT2D eigenvalue weighted by Gasteiger charge is -2.10. The van der Waals surface area contributed by atoms with E-state index in [-0.39, 0.29) is 18.0 Å². The largest absolute Gasteiger partial charge is 0.326 e. The van der Waals surface area contributed by atoms with Crippen molar-refractivity contribution in [3.8, 4) is 0 Å². The molecular weight excluding hydrogens is 323 g/mol. The van der Waals surface area contributed by atoms with Gasteiger partial charge in [0, 0.05) is 18.0 Å². The Labute approximate surface area is 125 Å². The van der Waals surface area contributed by atoms with Gasteiger partial charge >= 0.3 is 0 Å². The second-order valence-corrected chi connectivity index (χ2v) is 7.52. The third-order valence-electron chi connectivity index (χ3n) is 2.60. The van der Waals surface area contributed by atoms with Crippen LogP contribution in [0.15, 0.2) is 35.2 Å². The minimum Gasteiger partial charge on any atom is -0.326 e. The molecule has 0 atom stereocenters. The Hall–Kier alpha value is -0.990. The summed E-state index contributed by atoms with van der Waals surface area (Å²) in [4.78, 5) is 0.631. The normalized spacial score (nSPS) is 11.8. The molecule has 0 aliphatic carbocycles. The predicted octanol–water partition coefficient (Wildman–Crippen LogP) is 2.48. The molecule has 1 aromatic heterocycles. The van der Waals surface area contributed by atoms with Crippen molar-refractivity contribution in [2.45, 2.75) is 18.0 Å². The first kappa shape index (κ1) is 15.4. The maximum absolute atomic E-state index is 13.2. The summed E-state index contributed by atoms with van der Waals surface area (Å²) in [5.74, 6) is -0.623. The zero-order chi connectivity index (χ0) is 14.8. The Morgan fingerprint density at radius 2 is 2.05 bits per heavy atom. The fourth-order valence-corrected chi connectivity index (χ4v) is 4.02. The van der Waals surface area contributed by atoms with Crippen molar-refractivity contribution >= 4 is 33.0 Å². The van der Waals surface area contributed by atoms with Gasteiger partial charge in [-0.15, -0.1) is 11.3 Å². The number of thiophene rings is 1. The molecule has 108 valence electrons. The molecule has 0 saturated heterocycles. The zero-order valence-electron chi connectivity index (χ0n) is 10.3. The van der Waals surface area contributed by atoms with Gasteiger partial charge in [0.15, 0.2) is 0 Å². The highest BCUT2D eigenvalue weighted by Gasteiger charge is 2.18. The first-order valence-corrected chi connectivity index (χ1v) is 8.32. The molecule has 4 nitrogen and oxygen atoms in total. The molecule has 2 aromatic rings. The topological polar surface area (TPSA) is 72.2 Å². The Morgan fingerprint density at radius 1 is 1.30 bits per heavy atom. The van der Waals surface area contributed by atoms with Gasteiger partial charge in [-0.1, -0.05) is 17.7 Å². The van der Waals surface area contributed by atoms with Crippen LogP contribution in [-0.2, 0) is 23.1 Å². The molecule has 0 aliphatic heterocycles. The molecule has 1 aromatic carbocycles. The van der Waals surface area contributed by atoms with E-state index in [2.05, 4.69) is 4.72 Å². The van der Waals surface area contributed by atoms with E-state index in [1.807, 2.05) is 0 Å². The molecule has 0 unspecified atom stereocenters. The van der Waals surface area contributed by atoms with E-state index in [1.54, 1.807) is 12.1 Å². The molecule has 3 N–H and O–H groups in total. The highest BCUT2D eigenvalue weighted by Crippen LogP contribution is 2.22. The second-order valence-electron chi connectivity index (χ2n) is 3.99. The van der Waals surface area contributed by atoms with Gasteiger partial charge in [-0.3, -0.25) is 0 Å². The third kappa shape index (κ3) is 3.56. The van der Waals surface area contributed by atoms with Crippen molar-refractivity contribution in [1.82, 2.24) is 4.72 Å². The Balaban J connectivity index is 2.24. The molecule has 0 saturated carbocycles. The monoisotopic (exact) mass is 334 g/mol. The number of sulfonamides is 1. The van der Waals surface area contributed by atoms with Crippen LogP contribution in [0, 0.1) is 5.82 Å². The van der Waals surface area contributed by atoms with Gasteiger partial charge < -0.3 is 5.73 Å². The number of hydrogen-bond donors (Lipinski definition) is 2. The van der Waals surface area contributed by atoms with Crippen LogP contribution in [0.2, 0.25) is 4.34 Å². The quantitative estimate of drug-likeness (QED) is 0.882. The molecule has 0 spiro atoms. The number of nitrogens with two attached hydrogens (primary N) is 1. The first-order valence-electron chi connectivity index (χ1n) is 5.65. The van der Waals surface area contributed by atoms with E-state index in [9.17, 15) is 12.8 Å². The molecule has 0 amide bonds. The molecular formula is C12H12ClFN2O2S2. The van der Waals surface area contributed by atoms with Crippen molar-refractivity contribution in [3.63, 3.8) is 0 Å². The standard InChI is InChI=1S/C12H12ClFN2O2S2/c13-12-4-3-10(19-12)7-16-20(17,18)11-5-9(14)2-1-8(11)6-15/h1-5,16H,6-7,15H2. The van der Waals surface area contributed by atoms with Crippen molar-refractivity contribution in [2.24, 2.45) is 5.73 Å². The lowest BCUT2D eigenvalue weighted by atomic mass is 10.2. The van der Waals surface area contributed by atoms with Crippen LogP contribution in [0.5, 0.6) is 0 Å². The number of rotatable bonds is 5. The average molecular weight is 335 g/mol. The highest BCUT2D eigenvalue weighted by molar-refractivity contribution is 7.89. The summed E-state index contributed by atoms with van der Waals surface area (Å²) >= 11 is 7.05. The number of benzene rings is 1. The van der Waals surface area contributed by atoms with E-state index in [1.165, 1.54) is 23.5 Å². The molecule has 2 rings (SSSR count). The summed E-state index contributed by atoms with van der Waals surface area (Å²) < 4.78 is 40.6. The van der Waals surface area contributed by atoms with Gasteiger partial charge in [0.2, 0.25) is 10.0 Å². The molecule has 0 fully saturated rings. The van der Waals surface area contributed by atoms with E-state index >= 15 is 0 Å². The number of halogens is 2. The number of nitrogens with one attached hydrogen (secondary N) is 1. The van der Waals surface area contributed by atoms with Crippen molar-refractivity contribution in [3.05, 3.63) is 50.9 Å². The van der Waals surface area contributed by atoms with Gasteiger partial charge in [-0.2, -0.15) is 0 Å². The SMILES string of the molecule is NCc1ccc(F)cc1S(=O)(=O)NCc1ccc(Cl)s1. The maximum Gasteiger partial charge on any atom is 0.241 e. The van der Waals surface area contributed by atoms with Gasteiger partial charge in [-0.25, -0.2) is 17.5 Å². The van der Waals surface area contributed by atoms with E-state index in [0.29, 0.717) is 9.90 Å². The molecule has 8 heteroatoms. The van der Waals surface area contributed by atoms with Crippen molar-refractivity contribution in [2.75, 3.05) is 0 Å². The Kier molecular flexibility index (Phi) is 4.77. The number of hydrogen-bond acceptors (Lipinski definition) is 4. The fourth-order valence-electron chi connectivity index (χ4n) is 1.64. The van der Waals surface area contributed by atoms with Crippen LogP contribution in [0.4, 0.5) is 4.39 Å². The van der Waals surface area contributed by atoms with Crippen molar-refractivity contribution in [1.29, 1.82) is 0 Å². The molecule has 0 radical (unpaired) electrons. The first-order chi connectivity index (χ1) is 9.42. The smallest absolute Gasteiger partial charge is 0.241 e. The summed E-state index contributed by atoms with van der Waals surface area (Å²) in [7, 11) is -3.82. The minimum absolute atomic E-state index is 0.0152. The average Bonchev–Trinajstić information content (AvgIpc) is 2.82. The third-order valence-corrected chi connectivity index (χ3v) is 5.32. The van der Waals surface area contributed by atoms with Crippen molar-refractivity contribution < 1.29 is 12.8 Å². The van der Waals surface area contributed by atoms with Crippen LogP contribution in [-0.4, -0.2) is 8.42 Å². The summed E-state index contributed by atoms with van der Waals surface area (Å²) in [6, 6.07) is 6.92. The second kappa shape index (κ2) is 6.19. The Bertz CT molecular complexity index is 716. The Morgan fingerprint density at radius 3 is 2.65 bits per heavy atom. The lowest BCUT2D eigenvalue weighted by molar-refractivity contribution is 0.576. The van der Waals surface area contributed by atoms with E-state index in [0.717, 1.165) is 10.9 Å². The summed E-state index contributed by atoms with van der Waals surface area (Å²) in [6.45, 7) is 0.113. The van der Waals surface area contributed by atoms with Gasteiger partial charge in [0.1, 0.15) is 5.82 Å². The van der Waals surface area contributed by atoms with E-state index in [4.69, 9.17) is 17.3 Å². The summed E-state index contributed by atoms with van der Waals surface area (Å²) in [6.07, 6.45) is 0. The van der Waals surface area contributed by atoms with Crippen LogP contribution in [0.1, 0.15) is 10.4 Å². The van der Waals surface area contributed by atoms with Gasteiger partial charge in [-0.05, 0) is 29.8 Å². The fraction of sp³-hybridized carbons (Fsp3) is 0.167. The van der Waals surface area contributed by atoms with Crippen LogP contribution < -0.4 is 10.5 Å². The van der Waals surface area contributed by atoms with Crippen LogP contribution in [0.25, 0.3) is 0 Å². The molecule has 0 bridgehead atoms. The molecule has 1 heterocycles. The van der Waals surface area contributed by atoms with Gasteiger partial charge in [0.05, 0.1) is 9.23 Å². The molecule has 20 heavy (non-hydrogen) atoms. The highest BCUT2D eigenvalue weighted by atomic mass is 35.5. The zero-order valence-corrected chi connectivity index (χ0v) is 12.7. The summed E-state index contributed by atoms with van der Waals surface area (Å²) in [5.41, 5.74) is 5.84. The van der Waals surface area contributed by atoms with Crippen LogP contribution >= 0.6 is 22.9 Å². The lowest BCUT2D eigenvalue weighted by Crippen LogP contribution is -2.24. The van der Waals surface area contributed by atoms with Gasteiger partial charge in [0.25, 0.3) is 0 Å². The molecule has 0 aliphatic rings. The van der Waals surface area contributed by atoms with E-state index < -0.39 is 15.8 Å². The summed E-state index contributed by atoms with van der Waals surface area (Å²) in [5, 5.41) is 0. The predicted molar refractivity (Wildman–Crippen MR) is 77.6 cm³/mol.